The molecule has 2 aromatic rings. The Kier molecular flexibility index (Phi) is 5.94. The summed E-state index contributed by atoms with van der Waals surface area (Å²) in [5.74, 6) is -0.499. The number of rotatable bonds is 5. The van der Waals surface area contributed by atoms with Crippen LogP contribution in [0.1, 0.15) is 5.56 Å². The lowest BCUT2D eigenvalue weighted by atomic mass is 10.2. The van der Waals surface area contributed by atoms with Crippen LogP contribution in [0.15, 0.2) is 46.9 Å². The summed E-state index contributed by atoms with van der Waals surface area (Å²) >= 11 is 9.20. The van der Waals surface area contributed by atoms with Crippen LogP contribution in [0.5, 0.6) is 0 Å². The quantitative estimate of drug-likeness (QED) is 0.832. The third-order valence-electron chi connectivity index (χ3n) is 3.02. The van der Waals surface area contributed by atoms with Gasteiger partial charge in [-0.2, -0.15) is 0 Å². The fourth-order valence-electron chi connectivity index (χ4n) is 1.99. The molecule has 2 aromatic carbocycles. The number of carbonyl (C=O) groups is 1. The van der Waals surface area contributed by atoms with Gasteiger partial charge in [0.25, 0.3) is 0 Å². The van der Waals surface area contributed by atoms with Gasteiger partial charge in [-0.05, 0) is 31.3 Å². The van der Waals surface area contributed by atoms with Gasteiger partial charge in [-0.15, -0.1) is 0 Å². The molecule has 0 aromatic heterocycles. The van der Waals surface area contributed by atoms with Gasteiger partial charge in [0.15, 0.2) is 0 Å². The van der Waals surface area contributed by atoms with Gasteiger partial charge in [-0.25, -0.2) is 4.39 Å². The molecule has 0 radical (unpaired) electrons. The summed E-state index contributed by atoms with van der Waals surface area (Å²) in [6.45, 7) is 0.482. The minimum atomic E-state index is -0.298. The van der Waals surface area contributed by atoms with Crippen LogP contribution in [0.2, 0.25) is 5.02 Å². The molecular formula is C16H15BrClFN2O. The molecule has 6 heteroatoms. The Balaban J connectivity index is 1.92. The van der Waals surface area contributed by atoms with Crippen molar-refractivity contribution in [1.29, 1.82) is 0 Å². The van der Waals surface area contributed by atoms with E-state index < -0.39 is 0 Å². The van der Waals surface area contributed by atoms with E-state index in [1.54, 1.807) is 48.3 Å². The minimum absolute atomic E-state index is 0.140. The van der Waals surface area contributed by atoms with Crippen molar-refractivity contribution >= 4 is 39.1 Å². The molecule has 0 fully saturated rings. The van der Waals surface area contributed by atoms with Gasteiger partial charge in [-0.3, -0.25) is 9.69 Å². The summed E-state index contributed by atoms with van der Waals surface area (Å²) in [6.07, 6.45) is 0. The number of likely N-dealkylation sites (N-methyl/N-ethyl adjacent to an activating group) is 1. The van der Waals surface area contributed by atoms with Gasteiger partial charge >= 0.3 is 0 Å². The minimum Gasteiger partial charge on any atom is -0.324 e. The second-order valence-corrected chi connectivity index (χ2v) is 6.26. The Morgan fingerprint density at radius 2 is 2.05 bits per heavy atom. The van der Waals surface area contributed by atoms with E-state index in [9.17, 15) is 9.18 Å². The Labute approximate surface area is 142 Å². The summed E-state index contributed by atoms with van der Waals surface area (Å²) in [7, 11) is 1.76. The summed E-state index contributed by atoms with van der Waals surface area (Å²) in [5, 5.41) is 3.22. The van der Waals surface area contributed by atoms with E-state index in [0.29, 0.717) is 27.3 Å². The summed E-state index contributed by atoms with van der Waals surface area (Å²) in [5.41, 5.74) is 1.11. The summed E-state index contributed by atoms with van der Waals surface area (Å²) in [4.78, 5) is 13.7. The number of nitrogens with zero attached hydrogens (tertiary/aromatic N) is 1. The first-order chi connectivity index (χ1) is 10.5. The molecule has 0 saturated carbocycles. The number of nitrogens with one attached hydrogen (secondary N) is 1. The molecule has 1 amide bonds. The molecule has 3 nitrogen and oxygen atoms in total. The number of amides is 1. The fraction of sp³-hybridized carbons (Fsp3) is 0.188. The molecule has 0 unspecified atom stereocenters. The lowest BCUT2D eigenvalue weighted by molar-refractivity contribution is -0.117. The monoisotopic (exact) mass is 384 g/mol. The van der Waals surface area contributed by atoms with E-state index in [4.69, 9.17) is 11.6 Å². The third-order valence-corrected chi connectivity index (χ3v) is 3.84. The van der Waals surface area contributed by atoms with Crippen molar-refractivity contribution in [3.63, 3.8) is 0 Å². The van der Waals surface area contributed by atoms with E-state index in [2.05, 4.69) is 21.2 Å². The highest BCUT2D eigenvalue weighted by Crippen LogP contribution is 2.20. The molecule has 0 saturated heterocycles. The van der Waals surface area contributed by atoms with E-state index >= 15 is 0 Å². The average molecular weight is 386 g/mol. The standard InChI is InChI=1S/C16H15BrClFN2O/c1-21(9-11-6-7-12(17)8-14(11)19)10-16(22)20-15-5-3-2-4-13(15)18/h2-8H,9-10H2,1H3,(H,20,22). The topological polar surface area (TPSA) is 32.3 Å². The molecule has 22 heavy (non-hydrogen) atoms. The Bertz CT molecular complexity index is 681. The number of para-hydroxylation sites is 1. The average Bonchev–Trinajstić information content (AvgIpc) is 2.44. The highest BCUT2D eigenvalue weighted by atomic mass is 79.9. The van der Waals surface area contributed by atoms with Crippen molar-refractivity contribution in [2.45, 2.75) is 6.54 Å². The first-order valence-electron chi connectivity index (χ1n) is 6.62. The highest BCUT2D eigenvalue weighted by Gasteiger charge is 2.11. The Hall–Kier alpha value is -1.43. The second-order valence-electron chi connectivity index (χ2n) is 4.94. The van der Waals surface area contributed by atoms with E-state index in [-0.39, 0.29) is 18.3 Å². The van der Waals surface area contributed by atoms with Crippen LogP contribution >= 0.6 is 27.5 Å². The molecule has 0 spiro atoms. The van der Waals surface area contributed by atoms with Gasteiger partial charge in [0, 0.05) is 16.6 Å². The van der Waals surface area contributed by atoms with Crippen LogP contribution < -0.4 is 5.32 Å². The van der Waals surface area contributed by atoms with Gasteiger partial charge in [-0.1, -0.05) is 45.7 Å². The number of carbonyl (C=O) groups excluding carboxylic acids is 1. The fourth-order valence-corrected chi connectivity index (χ4v) is 2.51. The molecule has 0 bridgehead atoms. The van der Waals surface area contributed by atoms with E-state index in [1.807, 2.05) is 0 Å². The van der Waals surface area contributed by atoms with Crippen LogP contribution in [-0.4, -0.2) is 24.4 Å². The lowest BCUT2D eigenvalue weighted by Gasteiger charge is -2.17. The van der Waals surface area contributed by atoms with E-state index in [0.717, 1.165) is 0 Å². The number of halogens is 3. The van der Waals surface area contributed by atoms with Crippen molar-refractivity contribution in [3.05, 3.63) is 63.3 Å². The van der Waals surface area contributed by atoms with Crippen molar-refractivity contribution in [2.75, 3.05) is 18.9 Å². The van der Waals surface area contributed by atoms with Crippen LogP contribution in [0.3, 0.4) is 0 Å². The molecule has 0 heterocycles. The predicted octanol–water partition coefficient (Wildman–Crippen LogP) is 4.31. The van der Waals surface area contributed by atoms with Crippen LogP contribution in [0.4, 0.5) is 10.1 Å². The van der Waals surface area contributed by atoms with Gasteiger partial charge in [0.05, 0.1) is 17.3 Å². The van der Waals surface area contributed by atoms with Crippen LogP contribution in [0, 0.1) is 5.82 Å². The number of hydrogen-bond donors (Lipinski definition) is 1. The Morgan fingerprint density at radius 1 is 1.32 bits per heavy atom. The normalized spacial score (nSPS) is 10.8. The molecule has 1 N–H and O–H groups in total. The SMILES string of the molecule is CN(CC(=O)Nc1ccccc1Cl)Cc1ccc(Br)cc1F. The summed E-state index contributed by atoms with van der Waals surface area (Å²) < 4.78 is 14.5. The molecule has 0 aliphatic carbocycles. The van der Waals surface area contributed by atoms with Crippen molar-refractivity contribution in [1.82, 2.24) is 4.90 Å². The molecule has 0 aliphatic rings. The van der Waals surface area contributed by atoms with Gasteiger partial charge in [0.2, 0.25) is 5.91 Å². The third kappa shape index (κ3) is 4.80. The van der Waals surface area contributed by atoms with Crippen molar-refractivity contribution in [2.24, 2.45) is 0 Å². The highest BCUT2D eigenvalue weighted by molar-refractivity contribution is 9.10. The molecule has 116 valence electrons. The summed E-state index contributed by atoms with van der Waals surface area (Å²) in [6, 6.07) is 11.9. The molecular weight excluding hydrogens is 371 g/mol. The van der Waals surface area contributed by atoms with Gasteiger partial charge < -0.3 is 5.32 Å². The zero-order valence-electron chi connectivity index (χ0n) is 11.9. The second kappa shape index (κ2) is 7.72. The number of hydrogen-bond acceptors (Lipinski definition) is 2. The first-order valence-corrected chi connectivity index (χ1v) is 7.79. The van der Waals surface area contributed by atoms with Gasteiger partial charge in [0.1, 0.15) is 5.82 Å². The maximum Gasteiger partial charge on any atom is 0.238 e. The lowest BCUT2D eigenvalue weighted by Crippen LogP contribution is -2.30. The van der Waals surface area contributed by atoms with E-state index in [1.165, 1.54) is 6.07 Å². The zero-order valence-corrected chi connectivity index (χ0v) is 14.3. The molecule has 0 aliphatic heterocycles. The maximum absolute atomic E-state index is 13.8. The first kappa shape index (κ1) is 16.9. The molecule has 0 atom stereocenters. The van der Waals surface area contributed by atoms with Crippen LogP contribution in [0.25, 0.3) is 0 Å². The number of benzene rings is 2. The number of anilines is 1. The Morgan fingerprint density at radius 3 is 2.73 bits per heavy atom. The largest absolute Gasteiger partial charge is 0.324 e. The molecule has 2 rings (SSSR count). The van der Waals surface area contributed by atoms with Crippen molar-refractivity contribution < 1.29 is 9.18 Å². The predicted molar refractivity (Wildman–Crippen MR) is 90.5 cm³/mol. The smallest absolute Gasteiger partial charge is 0.238 e. The maximum atomic E-state index is 13.8. The van der Waals surface area contributed by atoms with Crippen LogP contribution in [-0.2, 0) is 11.3 Å². The zero-order chi connectivity index (χ0) is 16.1. The van der Waals surface area contributed by atoms with Crippen molar-refractivity contribution in [3.8, 4) is 0 Å².